The van der Waals surface area contributed by atoms with Crippen molar-refractivity contribution in [1.82, 2.24) is 9.29 Å². The highest BCUT2D eigenvalue weighted by Crippen LogP contribution is 2.33. The van der Waals surface area contributed by atoms with Crippen LogP contribution in [0, 0.1) is 13.8 Å². The van der Waals surface area contributed by atoms with E-state index >= 15 is 0 Å². The maximum Gasteiger partial charge on any atom is 0.416 e. The predicted molar refractivity (Wildman–Crippen MR) is 93.6 cm³/mol. The average molecular weight is 401 g/mol. The number of hydrogen-bond acceptors (Lipinski definition) is 4. The minimum atomic E-state index is -4.68. The van der Waals surface area contributed by atoms with Crippen LogP contribution < -0.4 is 5.32 Å². The average Bonchev–Trinajstić information content (AvgIpc) is 2.53. The third-order valence-electron chi connectivity index (χ3n) is 3.77. The molecule has 1 amide bonds. The number of hydrogen-bond donors (Lipinski definition) is 1. The van der Waals surface area contributed by atoms with Gasteiger partial charge in [-0.1, -0.05) is 6.07 Å². The van der Waals surface area contributed by atoms with E-state index in [1.54, 1.807) is 19.1 Å². The number of alkyl halides is 3. The lowest BCUT2D eigenvalue weighted by atomic mass is 10.1. The Morgan fingerprint density at radius 1 is 1.19 bits per heavy atom. The van der Waals surface area contributed by atoms with Crippen LogP contribution in [0.25, 0.3) is 0 Å². The Morgan fingerprint density at radius 2 is 1.85 bits per heavy atom. The first-order valence-electron chi connectivity index (χ1n) is 7.78. The largest absolute Gasteiger partial charge is 0.416 e. The van der Waals surface area contributed by atoms with Crippen molar-refractivity contribution >= 4 is 21.7 Å². The van der Waals surface area contributed by atoms with E-state index in [1.807, 2.05) is 0 Å². The third-order valence-corrected chi connectivity index (χ3v) is 5.57. The quantitative estimate of drug-likeness (QED) is 0.836. The van der Waals surface area contributed by atoms with Gasteiger partial charge in [-0.05, 0) is 49.2 Å². The fourth-order valence-electron chi connectivity index (χ4n) is 2.32. The van der Waals surface area contributed by atoms with Gasteiger partial charge in [0.15, 0.2) is 0 Å². The maximum atomic E-state index is 13.0. The summed E-state index contributed by atoms with van der Waals surface area (Å²) in [5, 5.41) is 2.45. The number of carbonyl (C=O) groups is 1. The van der Waals surface area contributed by atoms with E-state index in [1.165, 1.54) is 13.1 Å². The number of rotatable bonds is 5. The minimum Gasteiger partial charge on any atom is -0.310 e. The first-order valence-corrected chi connectivity index (χ1v) is 9.22. The molecule has 0 saturated carbocycles. The first kappa shape index (κ1) is 20.8. The van der Waals surface area contributed by atoms with Crippen LogP contribution in [0.5, 0.6) is 0 Å². The lowest BCUT2D eigenvalue weighted by Gasteiger charge is -2.18. The fraction of sp³-hybridized carbons (Fsp3) is 0.294. The molecule has 1 aromatic heterocycles. The van der Waals surface area contributed by atoms with Gasteiger partial charge in [0.2, 0.25) is 15.9 Å². The molecule has 0 bridgehead atoms. The molecule has 0 aliphatic heterocycles. The van der Waals surface area contributed by atoms with E-state index in [0.29, 0.717) is 10.4 Å². The highest BCUT2D eigenvalue weighted by atomic mass is 32.2. The number of likely N-dealkylation sites (N-methyl/N-ethyl adjacent to an activating group) is 1. The Bertz CT molecular complexity index is 959. The lowest BCUT2D eigenvalue weighted by Crippen LogP contribution is -2.35. The fourth-order valence-corrected chi connectivity index (χ4v) is 3.47. The van der Waals surface area contributed by atoms with Crippen LogP contribution in [0.4, 0.5) is 19.0 Å². The zero-order valence-electron chi connectivity index (χ0n) is 14.8. The summed E-state index contributed by atoms with van der Waals surface area (Å²) < 4.78 is 64.8. The van der Waals surface area contributed by atoms with Crippen LogP contribution in [0.15, 0.2) is 41.4 Å². The van der Waals surface area contributed by atoms with Crippen molar-refractivity contribution in [1.29, 1.82) is 0 Å². The number of halogens is 3. The van der Waals surface area contributed by atoms with Crippen molar-refractivity contribution < 1.29 is 26.4 Å². The SMILES string of the molecule is Cc1ccnc(NC(=O)CN(C)S(=O)(=O)c2ccc(C)c(C(F)(F)F)c2)c1. The van der Waals surface area contributed by atoms with Gasteiger partial charge in [0, 0.05) is 13.2 Å². The molecule has 27 heavy (non-hydrogen) atoms. The molecule has 0 atom stereocenters. The topological polar surface area (TPSA) is 79.4 Å². The molecule has 1 heterocycles. The normalized spacial score (nSPS) is 12.3. The van der Waals surface area contributed by atoms with Crippen molar-refractivity contribution in [2.75, 3.05) is 18.9 Å². The van der Waals surface area contributed by atoms with E-state index in [4.69, 9.17) is 0 Å². The summed E-state index contributed by atoms with van der Waals surface area (Å²) in [6.45, 7) is 2.46. The molecule has 0 fully saturated rings. The monoisotopic (exact) mass is 401 g/mol. The molecule has 0 aliphatic carbocycles. The minimum absolute atomic E-state index is 0.0904. The van der Waals surface area contributed by atoms with E-state index in [0.717, 1.165) is 24.7 Å². The number of nitrogens with one attached hydrogen (secondary N) is 1. The molecule has 1 aromatic carbocycles. The number of sulfonamides is 1. The molecule has 0 radical (unpaired) electrons. The second kappa shape index (κ2) is 7.65. The van der Waals surface area contributed by atoms with Crippen molar-refractivity contribution in [3.63, 3.8) is 0 Å². The Balaban J connectivity index is 2.20. The number of anilines is 1. The Labute approximate surface area is 155 Å². The van der Waals surface area contributed by atoms with E-state index in [-0.39, 0.29) is 11.4 Å². The highest BCUT2D eigenvalue weighted by Gasteiger charge is 2.34. The number of aryl methyl sites for hydroxylation is 2. The molecule has 0 aliphatic rings. The first-order chi connectivity index (χ1) is 12.4. The summed E-state index contributed by atoms with van der Waals surface area (Å²) in [6.07, 6.45) is -3.20. The molecule has 6 nitrogen and oxygen atoms in total. The Hall–Kier alpha value is -2.46. The van der Waals surface area contributed by atoms with Gasteiger partial charge in [-0.3, -0.25) is 4.79 Å². The second-order valence-corrected chi connectivity index (χ2v) is 8.05. The van der Waals surface area contributed by atoms with Gasteiger partial charge < -0.3 is 5.32 Å². The number of carbonyl (C=O) groups excluding carboxylic acids is 1. The van der Waals surface area contributed by atoms with Gasteiger partial charge in [0.05, 0.1) is 17.0 Å². The van der Waals surface area contributed by atoms with Crippen molar-refractivity contribution in [2.24, 2.45) is 0 Å². The van der Waals surface area contributed by atoms with Crippen LogP contribution in [0.1, 0.15) is 16.7 Å². The molecule has 1 N–H and O–H groups in total. The van der Waals surface area contributed by atoms with Gasteiger partial charge in [-0.25, -0.2) is 13.4 Å². The number of aromatic nitrogens is 1. The van der Waals surface area contributed by atoms with Crippen LogP contribution in [0.2, 0.25) is 0 Å². The Morgan fingerprint density at radius 3 is 2.44 bits per heavy atom. The molecular weight excluding hydrogens is 383 g/mol. The van der Waals surface area contributed by atoms with Crippen molar-refractivity contribution in [3.8, 4) is 0 Å². The number of nitrogens with zero attached hydrogens (tertiary/aromatic N) is 2. The smallest absolute Gasteiger partial charge is 0.310 e. The van der Waals surface area contributed by atoms with Gasteiger partial charge in [0.25, 0.3) is 0 Å². The summed E-state index contributed by atoms with van der Waals surface area (Å²) in [4.78, 5) is 15.4. The van der Waals surface area contributed by atoms with Crippen LogP contribution in [-0.4, -0.2) is 37.2 Å². The summed E-state index contributed by atoms with van der Waals surface area (Å²) in [5.74, 6) is -0.414. The van der Waals surface area contributed by atoms with Crippen molar-refractivity contribution in [3.05, 3.63) is 53.2 Å². The highest BCUT2D eigenvalue weighted by molar-refractivity contribution is 7.89. The molecule has 2 aromatic rings. The van der Waals surface area contributed by atoms with Crippen LogP contribution >= 0.6 is 0 Å². The third kappa shape index (κ3) is 5.04. The van der Waals surface area contributed by atoms with Gasteiger partial charge >= 0.3 is 6.18 Å². The van der Waals surface area contributed by atoms with Crippen LogP contribution in [0.3, 0.4) is 0 Å². The van der Waals surface area contributed by atoms with Crippen LogP contribution in [-0.2, 0) is 21.0 Å². The van der Waals surface area contributed by atoms with E-state index < -0.39 is 39.1 Å². The van der Waals surface area contributed by atoms with Crippen molar-refractivity contribution in [2.45, 2.75) is 24.9 Å². The van der Waals surface area contributed by atoms with Gasteiger partial charge in [0.1, 0.15) is 5.82 Å². The second-order valence-electron chi connectivity index (χ2n) is 6.00. The van der Waals surface area contributed by atoms with Gasteiger partial charge in [-0.2, -0.15) is 17.5 Å². The predicted octanol–water partition coefficient (Wildman–Crippen LogP) is 2.98. The summed E-state index contributed by atoms with van der Waals surface area (Å²) in [6, 6.07) is 6.06. The molecular formula is C17H18F3N3O3S. The molecule has 2 rings (SSSR count). The summed E-state index contributed by atoms with van der Waals surface area (Å²) in [5.41, 5.74) is -0.279. The summed E-state index contributed by atoms with van der Waals surface area (Å²) >= 11 is 0. The van der Waals surface area contributed by atoms with E-state index in [2.05, 4.69) is 10.3 Å². The molecule has 0 unspecified atom stereocenters. The molecule has 10 heteroatoms. The number of amides is 1. The molecule has 0 spiro atoms. The molecule has 146 valence electrons. The zero-order valence-corrected chi connectivity index (χ0v) is 15.6. The lowest BCUT2D eigenvalue weighted by molar-refractivity contribution is -0.138. The summed E-state index contributed by atoms with van der Waals surface area (Å²) in [7, 11) is -3.17. The number of pyridine rings is 1. The van der Waals surface area contributed by atoms with E-state index in [9.17, 15) is 26.4 Å². The maximum absolute atomic E-state index is 13.0. The molecule has 0 saturated heterocycles. The standard InChI is InChI=1S/C17H18F3N3O3S/c1-11-6-7-21-15(8-11)22-16(24)10-23(3)27(25,26)13-5-4-12(2)14(9-13)17(18,19)20/h4-9H,10H2,1-3H3,(H,21,22,24). The zero-order chi connectivity index (χ0) is 20.4. The van der Waals surface area contributed by atoms with Gasteiger partial charge in [-0.15, -0.1) is 0 Å². The Kier molecular flexibility index (Phi) is 5.91. The number of benzene rings is 1.